The Hall–Kier alpha value is -3.53. The molecule has 18 heteroatoms. The number of nitrogens with zero attached hydrogens (tertiary/aromatic N) is 8. The van der Waals surface area contributed by atoms with Crippen LogP contribution < -0.4 is 0 Å². The molecule has 0 aliphatic carbocycles. The summed E-state index contributed by atoms with van der Waals surface area (Å²) in [6.07, 6.45) is 11.7. The molecule has 52 heavy (non-hydrogen) atoms. The topological polar surface area (TPSA) is 176 Å². The van der Waals surface area contributed by atoms with Gasteiger partial charge in [0.2, 0.25) is 0 Å². The fourth-order valence-electron chi connectivity index (χ4n) is 4.71. The van der Waals surface area contributed by atoms with Crippen LogP contribution >= 0.6 is 31.9 Å². The molecule has 0 spiro atoms. The van der Waals surface area contributed by atoms with Gasteiger partial charge in [0.1, 0.15) is 39.2 Å². The number of ether oxygens (including phenoxy) is 2. The molecule has 2 N–H and O–H groups in total. The number of carbonyl (C=O) groups is 2. The van der Waals surface area contributed by atoms with Crippen molar-refractivity contribution in [1.82, 2.24) is 44.0 Å². The number of fused-ring (bicyclic) bond motifs is 3. The van der Waals surface area contributed by atoms with Crippen molar-refractivity contribution in [3.05, 3.63) is 68.8 Å². The van der Waals surface area contributed by atoms with E-state index in [1.54, 1.807) is 37.2 Å². The number of rotatable bonds is 13. The van der Waals surface area contributed by atoms with Gasteiger partial charge in [0.25, 0.3) is 0 Å². The van der Waals surface area contributed by atoms with Crippen LogP contribution in [0, 0.1) is 6.92 Å². The second-order valence-electron chi connectivity index (χ2n) is 14.5. The molecule has 0 saturated heterocycles. The van der Waals surface area contributed by atoms with Gasteiger partial charge in [-0.25, -0.2) is 29.9 Å². The van der Waals surface area contributed by atoms with E-state index >= 15 is 0 Å². The van der Waals surface area contributed by atoms with E-state index < -0.39 is 16.1 Å². The molecule has 0 unspecified atom stereocenters. The Morgan fingerprint density at radius 1 is 0.750 bits per heavy atom. The van der Waals surface area contributed by atoms with E-state index in [1.165, 1.54) is 0 Å². The average molecular weight is 876 g/mol. The van der Waals surface area contributed by atoms with Crippen molar-refractivity contribution >= 4 is 94.1 Å². The number of carbonyl (C=O) groups excluding carboxylic acids is 2. The van der Waals surface area contributed by atoms with Gasteiger partial charge in [0.05, 0.1) is 42.0 Å². The van der Waals surface area contributed by atoms with Crippen molar-refractivity contribution in [3.63, 3.8) is 0 Å². The predicted molar refractivity (Wildman–Crippen MR) is 214 cm³/mol. The number of aliphatic hydroxyl groups excluding tert-OH is 1. The molecule has 0 fully saturated rings. The number of aromatic nitrogens is 9. The van der Waals surface area contributed by atoms with Gasteiger partial charge in [0, 0.05) is 53.5 Å². The van der Waals surface area contributed by atoms with E-state index in [4.69, 9.17) is 14.6 Å². The number of halogens is 2. The summed E-state index contributed by atoms with van der Waals surface area (Å²) in [5, 5.41) is 8.91. The van der Waals surface area contributed by atoms with Crippen LogP contribution in [0.25, 0.3) is 33.5 Å². The summed E-state index contributed by atoms with van der Waals surface area (Å²) in [6, 6.07) is 2.24. The number of hydrogen-bond donors (Lipinski definition) is 2. The second kappa shape index (κ2) is 18.5. The van der Waals surface area contributed by atoms with Crippen molar-refractivity contribution in [3.8, 4) is 0 Å². The van der Waals surface area contributed by atoms with E-state index in [9.17, 15) is 9.59 Å². The van der Waals surface area contributed by atoms with Crippen molar-refractivity contribution < 1.29 is 24.2 Å². The van der Waals surface area contributed by atoms with Crippen LogP contribution in [0.5, 0.6) is 0 Å². The lowest BCUT2D eigenvalue weighted by Gasteiger charge is -2.15. The van der Waals surface area contributed by atoms with Gasteiger partial charge in [-0.05, 0) is 50.9 Å². The van der Waals surface area contributed by atoms with Crippen LogP contribution in [0.3, 0.4) is 0 Å². The number of aromatic amines is 1. The molecule has 0 bridgehead atoms. The minimum absolute atomic E-state index is 0.0227. The third-order valence-corrected chi connectivity index (χ3v) is 11.8. The Bertz CT molecular complexity index is 2010. The lowest BCUT2D eigenvalue weighted by Crippen LogP contribution is -2.22. The Morgan fingerprint density at radius 2 is 1.23 bits per heavy atom. The fraction of sp³-hybridized carbons (Fsp3) is 0.412. The number of H-pyrrole nitrogens is 1. The summed E-state index contributed by atoms with van der Waals surface area (Å²) in [5.41, 5.74) is 6.68. The largest absolute Gasteiger partial charge is 0.392 e. The highest BCUT2D eigenvalue weighted by Gasteiger charge is 2.15. The normalized spacial score (nSPS) is 11.7. The zero-order valence-electron chi connectivity index (χ0n) is 30.5. The van der Waals surface area contributed by atoms with Crippen molar-refractivity contribution in [2.45, 2.75) is 78.4 Å². The second-order valence-corrected chi connectivity index (χ2v) is 27.3. The third-order valence-electron chi connectivity index (χ3n) is 7.59. The van der Waals surface area contributed by atoms with E-state index in [-0.39, 0.29) is 6.61 Å². The minimum atomic E-state index is -1.08. The molecule has 278 valence electrons. The summed E-state index contributed by atoms with van der Waals surface area (Å²) in [6.45, 7) is 18.0. The Labute approximate surface area is 321 Å². The molecule has 0 atom stereocenters. The van der Waals surface area contributed by atoms with Gasteiger partial charge in [-0.1, -0.05) is 39.3 Å². The molecule has 6 rings (SSSR count). The highest BCUT2D eigenvalue weighted by molar-refractivity contribution is 9.10. The van der Waals surface area contributed by atoms with E-state index in [1.807, 2.05) is 16.1 Å². The maximum Gasteiger partial charge on any atom is 0.161 e. The van der Waals surface area contributed by atoms with Gasteiger partial charge in [0.15, 0.2) is 29.5 Å². The number of hydrogen-bond acceptors (Lipinski definition) is 11. The quantitative estimate of drug-likeness (QED) is 0.0672. The Balaban J connectivity index is 0.000000180. The van der Waals surface area contributed by atoms with Crippen LogP contribution in [-0.2, 0) is 29.5 Å². The minimum Gasteiger partial charge on any atom is -0.392 e. The first-order valence-corrected chi connectivity index (χ1v) is 25.6. The van der Waals surface area contributed by atoms with E-state index in [0.717, 1.165) is 49.1 Å². The highest BCUT2D eigenvalue weighted by atomic mass is 79.9. The van der Waals surface area contributed by atoms with Crippen molar-refractivity contribution in [2.24, 2.45) is 0 Å². The van der Waals surface area contributed by atoms with Crippen LogP contribution in [-0.4, -0.2) is 91.1 Å². The Kier molecular flexibility index (Phi) is 14.7. The summed E-state index contributed by atoms with van der Waals surface area (Å²) >= 11 is 6.48. The van der Waals surface area contributed by atoms with Gasteiger partial charge < -0.3 is 28.7 Å². The van der Waals surface area contributed by atoms with Gasteiger partial charge in [-0.3, -0.25) is 9.59 Å². The molecular formula is C34H45Br2N9O5Si2. The van der Waals surface area contributed by atoms with Gasteiger partial charge in [-0.15, -0.1) is 0 Å². The SMILES string of the molecule is C[Si](C)(C)CCOCn1cc(C=O)c2nc(Br)cnc21.Cc1cnc2c(n1)c(C=O)cn2COCC[Si](C)(C)C.OCc1c[nH]c2ncc(Br)nc12. The molecule has 0 amide bonds. The van der Waals surface area contributed by atoms with E-state index in [0.29, 0.717) is 67.3 Å². The van der Waals surface area contributed by atoms with Crippen molar-refractivity contribution in [2.75, 3.05) is 13.2 Å². The lowest BCUT2D eigenvalue weighted by atomic mass is 10.3. The number of aldehydes is 2. The number of aliphatic hydroxyl groups is 1. The Morgan fingerprint density at radius 3 is 1.73 bits per heavy atom. The molecule has 0 radical (unpaired) electrons. The fourth-order valence-corrected chi connectivity index (χ4v) is 6.79. The predicted octanol–water partition coefficient (Wildman–Crippen LogP) is 7.40. The first-order valence-electron chi connectivity index (χ1n) is 16.6. The molecule has 0 aliphatic heterocycles. The number of nitrogens with one attached hydrogen (secondary N) is 1. The maximum atomic E-state index is 11.1. The van der Waals surface area contributed by atoms with E-state index in [2.05, 4.69) is 106 Å². The molecule has 0 aromatic carbocycles. The smallest absolute Gasteiger partial charge is 0.161 e. The van der Waals surface area contributed by atoms with Crippen LogP contribution in [0.4, 0.5) is 0 Å². The molecule has 6 aromatic rings. The molecule has 6 aromatic heterocycles. The molecular weight excluding hydrogens is 830 g/mol. The van der Waals surface area contributed by atoms with Gasteiger partial charge >= 0.3 is 0 Å². The zero-order valence-corrected chi connectivity index (χ0v) is 35.7. The van der Waals surface area contributed by atoms with Crippen LogP contribution in [0.15, 0.2) is 46.4 Å². The first-order chi connectivity index (χ1) is 24.6. The van der Waals surface area contributed by atoms with Crippen molar-refractivity contribution in [1.29, 1.82) is 0 Å². The van der Waals surface area contributed by atoms with Crippen LogP contribution in [0.2, 0.25) is 51.4 Å². The summed E-state index contributed by atoms with van der Waals surface area (Å²) in [4.78, 5) is 50.6. The standard InChI is InChI=1S/C14H21N3O2Si.C13H18BrN3O2Si.C7H6BrN3O/c1-11-7-15-14-13(16-11)12(9-18)8-17(14)10-19-5-6-20(2,3)4;1-20(2,3)5-4-19-9-17-7-10(8-18)12-13(17)15-6-11(14)16-12;8-5-2-10-7-6(11-5)4(3-12)1-9-7/h7-9H,5-6,10H2,1-4H3;6-8H,4-5,9H2,1-3H3;1-2,12H,3H2,(H,9,10). The zero-order chi connectivity index (χ0) is 38.1. The molecule has 6 heterocycles. The first kappa shape index (κ1) is 41.2. The molecule has 0 saturated carbocycles. The molecule has 0 aliphatic rings. The van der Waals surface area contributed by atoms with Crippen LogP contribution in [0.1, 0.15) is 32.0 Å². The monoisotopic (exact) mass is 873 g/mol. The van der Waals surface area contributed by atoms with Gasteiger partial charge in [-0.2, -0.15) is 0 Å². The lowest BCUT2D eigenvalue weighted by molar-refractivity contribution is 0.0895. The highest BCUT2D eigenvalue weighted by Crippen LogP contribution is 2.20. The third kappa shape index (κ3) is 11.7. The maximum absolute atomic E-state index is 11.1. The summed E-state index contributed by atoms with van der Waals surface area (Å²) in [5.74, 6) is 0. The summed E-state index contributed by atoms with van der Waals surface area (Å²) < 4.78 is 16.4. The summed E-state index contributed by atoms with van der Waals surface area (Å²) in [7, 11) is -2.16. The molecule has 14 nitrogen and oxygen atoms in total. The number of aryl methyl sites for hydroxylation is 1. The average Bonchev–Trinajstić information content (AvgIpc) is 3.77.